The number of alkyl halides is 5. The number of rotatable bonds is 3. The largest absolute Gasteiger partial charge is 0.573 e. The second-order valence-corrected chi connectivity index (χ2v) is 3.35. The second-order valence-electron chi connectivity index (χ2n) is 3.00. The molecule has 0 aliphatic rings. The van der Waals surface area contributed by atoms with Crippen molar-refractivity contribution in [3.63, 3.8) is 0 Å². The maximum Gasteiger partial charge on any atom is 0.573 e. The first kappa shape index (κ1) is 14.4. The summed E-state index contributed by atoms with van der Waals surface area (Å²) in [5, 5.41) is 7.73. The molecule has 98 valence electrons. The van der Waals surface area contributed by atoms with Gasteiger partial charge in [0.15, 0.2) is 5.75 Å². The Hall–Kier alpha value is -1.62. The highest BCUT2D eigenvalue weighted by Crippen LogP contribution is 2.33. The summed E-state index contributed by atoms with van der Waals surface area (Å²) in [6.45, 7) is 0. The highest BCUT2D eigenvalue weighted by molar-refractivity contribution is 6.30. The molecule has 0 fully saturated rings. The quantitative estimate of drug-likeness (QED) is 0.629. The first-order valence-electron chi connectivity index (χ1n) is 4.34. The maximum absolute atomic E-state index is 12.4. The number of pyridine rings is 1. The zero-order valence-corrected chi connectivity index (χ0v) is 9.19. The molecule has 0 saturated heterocycles. The van der Waals surface area contributed by atoms with Crippen LogP contribution in [0.4, 0.5) is 22.0 Å². The molecule has 0 amide bonds. The third-order valence-corrected chi connectivity index (χ3v) is 2.05. The van der Waals surface area contributed by atoms with Gasteiger partial charge in [-0.25, -0.2) is 13.8 Å². The molecule has 0 N–H and O–H groups in total. The molecule has 0 unspecified atom stereocenters. The van der Waals surface area contributed by atoms with E-state index in [1.807, 2.05) is 0 Å². The molecule has 1 heterocycles. The third kappa shape index (κ3) is 3.70. The van der Waals surface area contributed by atoms with Crippen LogP contribution < -0.4 is 4.74 Å². The van der Waals surface area contributed by atoms with Crippen LogP contribution in [-0.2, 0) is 6.42 Å². The molecule has 0 bridgehead atoms. The lowest BCUT2D eigenvalue weighted by Crippen LogP contribution is -2.19. The number of hydrogen-bond donors (Lipinski definition) is 0. The third-order valence-electron chi connectivity index (χ3n) is 1.75. The molecule has 0 aliphatic carbocycles. The molecule has 0 aliphatic heterocycles. The predicted octanol–water partition coefficient (Wildman–Crippen LogP) is 3.64. The SMILES string of the molecule is N#CCc1nc(Cl)c(C(F)F)cc1OC(F)(F)F. The molecule has 3 nitrogen and oxygen atoms in total. The summed E-state index contributed by atoms with van der Waals surface area (Å²) in [7, 11) is 0. The van der Waals surface area contributed by atoms with Gasteiger partial charge >= 0.3 is 6.36 Å². The summed E-state index contributed by atoms with van der Waals surface area (Å²) in [5.41, 5.74) is -1.35. The van der Waals surface area contributed by atoms with Gasteiger partial charge in [-0.15, -0.1) is 13.2 Å². The molecule has 1 aromatic rings. The van der Waals surface area contributed by atoms with Crippen LogP contribution in [0, 0.1) is 11.3 Å². The molecule has 0 aromatic carbocycles. The van der Waals surface area contributed by atoms with Gasteiger partial charge in [0.25, 0.3) is 6.43 Å². The van der Waals surface area contributed by atoms with Crippen molar-refractivity contribution in [2.75, 3.05) is 0 Å². The molecule has 0 saturated carbocycles. The lowest BCUT2D eigenvalue weighted by molar-refractivity contribution is -0.275. The van der Waals surface area contributed by atoms with E-state index in [0.29, 0.717) is 6.07 Å². The van der Waals surface area contributed by atoms with E-state index in [1.165, 1.54) is 6.07 Å². The van der Waals surface area contributed by atoms with Gasteiger partial charge in [-0.05, 0) is 6.07 Å². The molecule has 1 aromatic heterocycles. The van der Waals surface area contributed by atoms with Crippen LogP contribution in [0.15, 0.2) is 6.07 Å². The first-order chi connectivity index (χ1) is 8.24. The number of aromatic nitrogens is 1. The smallest absolute Gasteiger partial charge is 0.404 e. The van der Waals surface area contributed by atoms with Gasteiger partial charge in [-0.1, -0.05) is 11.6 Å². The van der Waals surface area contributed by atoms with E-state index in [9.17, 15) is 22.0 Å². The Morgan fingerprint density at radius 2 is 2.06 bits per heavy atom. The van der Waals surface area contributed by atoms with Gasteiger partial charge in [0, 0.05) is 0 Å². The highest BCUT2D eigenvalue weighted by atomic mass is 35.5. The number of nitriles is 1. The standard InChI is InChI=1S/C9H4ClF5N2O/c10-7-4(8(11)12)3-6(18-9(13,14)15)5(17-7)1-2-16/h3,8H,1H2. The van der Waals surface area contributed by atoms with Crippen LogP contribution in [0.2, 0.25) is 5.15 Å². The van der Waals surface area contributed by atoms with Crippen LogP contribution >= 0.6 is 11.6 Å². The number of hydrogen-bond acceptors (Lipinski definition) is 3. The zero-order chi connectivity index (χ0) is 13.9. The topological polar surface area (TPSA) is 45.9 Å². The Morgan fingerprint density at radius 1 is 1.44 bits per heavy atom. The van der Waals surface area contributed by atoms with Gasteiger partial charge in [-0.3, -0.25) is 0 Å². The fourth-order valence-electron chi connectivity index (χ4n) is 1.09. The van der Waals surface area contributed by atoms with Crippen molar-refractivity contribution in [1.82, 2.24) is 4.98 Å². The average molecular weight is 287 g/mol. The Bertz CT molecular complexity index is 483. The van der Waals surface area contributed by atoms with E-state index in [0.717, 1.165) is 0 Å². The van der Waals surface area contributed by atoms with E-state index in [-0.39, 0.29) is 0 Å². The maximum atomic E-state index is 12.4. The Kier molecular flexibility index (Phi) is 4.29. The van der Waals surface area contributed by atoms with Crippen LogP contribution in [0.1, 0.15) is 17.7 Å². The normalized spacial score (nSPS) is 11.4. The van der Waals surface area contributed by atoms with Crippen molar-refractivity contribution in [1.29, 1.82) is 5.26 Å². The summed E-state index contributed by atoms with van der Waals surface area (Å²) >= 11 is 5.37. The average Bonchev–Trinajstić information content (AvgIpc) is 2.19. The molecule has 0 atom stereocenters. The Morgan fingerprint density at radius 3 is 2.50 bits per heavy atom. The lowest BCUT2D eigenvalue weighted by Gasteiger charge is -2.13. The van der Waals surface area contributed by atoms with Crippen LogP contribution in [0.5, 0.6) is 5.75 Å². The van der Waals surface area contributed by atoms with Crippen molar-refractivity contribution in [3.05, 3.63) is 22.5 Å². The van der Waals surface area contributed by atoms with Gasteiger partial charge in [0.1, 0.15) is 5.15 Å². The molecule has 9 heteroatoms. The summed E-state index contributed by atoms with van der Waals surface area (Å²) < 4.78 is 64.5. The number of halogens is 6. The number of nitrogens with zero attached hydrogens (tertiary/aromatic N) is 2. The van der Waals surface area contributed by atoms with Gasteiger partial charge in [-0.2, -0.15) is 5.26 Å². The summed E-state index contributed by atoms with van der Waals surface area (Å²) in [6.07, 6.45) is -8.72. The molecular formula is C9H4ClF5N2O. The monoisotopic (exact) mass is 286 g/mol. The van der Waals surface area contributed by atoms with Crippen molar-refractivity contribution in [3.8, 4) is 11.8 Å². The van der Waals surface area contributed by atoms with Gasteiger partial charge < -0.3 is 4.74 Å². The van der Waals surface area contributed by atoms with E-state index in [2.05, 4.69) is 9.72 Å². The van der Waals surface area contributed by atoms with E-state index in [4.69, 9.17) is 16.9 Å². The molecule has 0 radical (unpaired) electrons. The van der Waals surface area contributed by atoms with Crippen molar-refractivity contribution < 1.29 is 26.7 Å². The molecule has 1 rings (SSSR count). The fourth-order valence-corrected chi connectivity index (χ4v) is 1.33. The first-order valence-corrected chi connectivity index (χ1v) is 4.72. The minimum absolute atomic E-state index is 0.431. The lowest BCUT2D eigenvalue weighted by atomic mass is 10.2. The highest BCUT2D eigenvalue weighted by Gasteiger charge is 2.33. The van der Waals surface area contributed by atoms with E-state index < -0.39 is 41.4 Å². The Labute approximate surface area is 103 Å². The summed E-state index contributed by atoms with van der Waals surface area (Å²) in [4.78, 5) is 3.31. The molecular weight excluding hydrogens is 283 g/mol. The van der Waals surface area contributed by atoms with Crippen LogP contribution in [0.3, 0.4) is 0 Å². The summed E-state index contributed by atoms with van der Waals surface area (Å²) in [6, 6.07) is 1.96. The van der Waals surface area contributed by atoms with E-state index >= 15 is 0 Å². The number of ether oxygens (including phenoxy) is 1. The van der Waals surface area contributed by atoms with Gasteiger partial charge in [0.2, 0.25) is 0 Å². The fraction of sp³-hybridized carbons (Fsp3) is 0.333. The minimum atomic E-state index is -5.07. The second kappa shape index (κ2) is 5.35. The predicted molar refractivity (Wildman–Crippen MR) is 50.2 cm³/mol. The van der Waals surface area contributed by atoms with Crippen LogP contribution in [0.25, 0.3) is 0 Å². The molecule has 18 heavy (non-hydrogen) atoms. The van der Waals surface area contributed by atoms with Crippen molar-refractivity contribution in [2.24, 2.45) is 0 Å². The van der Waals surface area contributed by atoms with Crippen molar-refractivity contribution in [2.45, 2.75) is 19.2 Å². The summed E-state index contributed by atoms with van der Waals surface area (Å²) in [5.74, 6) is -0.955. The Balaban J connectivity index is 3.27. The zero-order valence-electron chi connectivity index (χ0n) is 8.43. The molecule has 0 spiro atoms. The van der Waals surface area contributed by atoms with Gasteiger partial charge in [0.05, 0.1) is 23.7 Å². The minimum Gasteiger partial charge on any atom is -0.404 e. The van der Waals surface area contributed by atoms with E-state index in [1.54, 1.807) is 0 Å². The van der Waals surface area contributed by atoms with Crippen molar-refractivity contribution >= 4 is 11.6 Å². The van der Waals surface area contributed by atoms with Crippen LogP contribution in [-0.4, -0.2) is 11.3 Å².